The van der Waals surface area contributed by atoms with Gasteiger partial charge in [-0.1, -0.05) is 17.7 Å². The first-order chi connectivity index (χ1) is 11.8. The third kappa shape index (κ3) is 4.42. The molecule has 0 fully saturated rings. The molecule has 0 radical (unpaired) electrons. The van der Waals surface area contributed by atoms with Gasteiger partial charge in [-0.05, 0) is 49.7 Å². The summed E-state index contributed by atoms with van der Waals surface area (Å²) in [6.45, 7) is 3.40. The molecule has 2 rings (SSSR count). The fourth-order valence-electron chi connectivity index (χ4n) is 2.10. The lowest BCUT2D eigenvalue weighted by molar-refractivity contribution is -0.122. The number of aryl methyl sites for hydroxylation is 1. The van der Waals surface area contributed by atoms with Crippen molar-refractivity contribution in [2.75, 3.05) is 12.4 Å². The highest BCUT2D eigenvalue weighted by atomic mass is 35.5. The molecule has 2 aromatic carbocycles. The van der Waals surface area contributed by atoms with Crippen molar-refractivity contribution in [2.24, 2.45) is 0 Å². The van der Waals surface area contributed by atoms with E-state index in [0.717, 1.165) is 5.56 Å². The van der Waals surface area contributed by atoms with Gasteiger partial charge < -0.3 is 19.9 Å². The van der Waals surface area contributed by atoms with Gasteiger partial charge in [0.2, 0.25) is 0 Å². The summed E-state index contributed by atoms with van der Waals surface area (Å²) >= 11 is 5.96. The van der Waals surface area contributed by atoms with E-state index in [-0.39, 0.29) is 17.0 Å². The van der Waals surface area contributed by atoms with E-state index in [2.05, 4.69) is 10.1 Å². The number of carbonyl (C=O) groups excluding carboxylic acids is 2. The van der Waals surface area contributed by atoms with Crippen molar-refractivity contribution in [1.82, 2.24) is 0 Å². The second kappa shape index (κ2) is 7.90. The molecule has 2 N–H and O–H groups in total. The fraction of sp³-hybridized carbons (Fsp3) is 0.222. The van der Waals surface area contributed by atoms with Crippen LogP contribution in [0.1, 0.15) is 22.8 Å². The van der Waals surface area contributed by atoms with E-state index >= 15 is 0 Å². The van der Waals surface area contributed by atoms with Crippen molar-refractivity contribution in [3.05, 3.63) is 52.5 Å². The first kappa shape index (κ1) is 18.6. The molecule has 0 aliphatic heterocycles. The summed E-state index contributed by atoms with van der Waals surface area (Å²) in [7, 11) is 1.21. The Bertz CT molecular complexity index is 806. The van der Waals surface area contributed by atoms with E-state index in [1.54, 1.807) is 25.1 Å². The Morgan fingerprint density at radius 3 is 2.60 bits per heavy atom. The Morgan fingerprint density at radius 2 is 1.96 bits per heavy atom. The maximum atomic E-state index is 12.3. The zero-order chi connectivity index (χ0) is 18.6. The van der Waals surface area contributed by atoms with Crippen LogP contribution in [-0.2, 0) is 9.53 Å². The summed E-state index contributed by atoms with van der Waals surface area (Å²) in [5.74, 6) is -1.05. The SMILES string of the molecule is COC(=O)c1cccc(NC(=O)C(C)Oc2ccc(Cl)c(C)c2)c1O. The fourth-order valence-corrected chi connectivity index (χ4v) is 2.22. The molecule has 7 heteroatoms. The van der Waals surface area contributed by atoms with E-state index in [0.29, 0.717) is 10.8 Å². The van der Waals surface area contributed by atoms with Gasteiger partial charge in [0.15, 0.2) is 11.9 Å². The van der Waals surface area contributed by atoms with Crippen LogP contribution in [0.4, 0.5) is 5.69 Å². The third-order valence-corrected chi connectivity index (χ3v) is 3.93. The topological polar surface area (TPSA) is 84.9 Å². The second-order valence-corrected chi connectivity index (χ2v) is 5.76. The van der Waals surface area contributed by atoms with Crippen molar-refractivity contribution in [3.8, 4) is 11.5 Å². The number of methoxy groups -OCH3 is 1. The summed E-state index contributed by atoms with van der Waals surface area (Å²) in [6.07, 6.45) is -0.832. The molecular formula is C18H18ClNO5. The van der Waals surface area contributed by atoms with E-state index in [1.807, 2.05) is 6.92 Å². The van der Waals surface area contributed by atoms with Crippen LogP contribution in [0.15, 0.2) is 36.4 Å². The lowest BCUT2D eigenvalue weighted by atomic mass is 10.1. The van der Waals surface area contributed by atoms with Gasteiger partial charge in [-0.15, -0.1) is 0 Å². The zero-order valence-electron chi connectivity index (χ0n) is 14.0. The summed E-state index contributed by atoms with van der Waals surface area (Å²) in [6, 6.07) is 9.46. The van der Waals surface area contributed by atoms with Gasteiger partial charge in [0.1, 0.15) is 11.3 Å². The summed E-state index contributed by atoms with van der Waals surface area (Å²) in [4.78, 5) is 23.9. The zero-order valence-corrected chi connectivity index (χ0v) is 14.8. The van der Waals surface area contributed by atoms with Crippen molar-refractivity contribution in [3.63, 3.8) is 0 Å². The number of esters is 1. The number of carbonyl (C=O) groups is 2. The van der Waals surface area contributed by atoms with Crippen LogP contribution in [0.25, 0.3) is 0 Å². The molecule has 0 aliphatic rings. The number of ether oxygens (including phenoxy) is 2. The van der Waals surface area contributed by atoms with Crippen LogP contribution in [0, 0.1) is 6.92 Å². The minimum atomic E-state index is -0.832. The minimum Gasteiger partial charge on any atom is -0.505 e. The van der Waals surface area contributed by atoms with Gasteiger partial charge in [-0.25, -0.2) is 4.79 Å². The molecule has 0 bridgehead atoms. The number of benzene rings is 2. The molecule has 0 aromatic heterocycles. The lowest BCUT2D eigenvalue weighted by Gasteiger charge is -2.16. The normalized spacial score (nSPS) is 11.5. The molecule has 0 aliphatic carbocycles. The number of para-hydroxylation sites is 1. The number of rotatable bonds is 5. The summed E-state index contributed by atoms with van der Waals surface area (Å²) < 4.78 is 10.2. The average molecular weight is 364 g/mol. The molecule has 1 atom stereocenters. The molecule has 0 spiro atoms. The van der Waals surface area contributed by atoms with E-state index < -0.39 is 18.0 Å². The van der Waals surface area contributed by atoms with E-state index in [1.165, 1.54) is 25.3 Å². The monoisotopic (exact) mass is 363 g/mol. The van der Waals surface area contributed by atoms with E-state index in [4.69, 9.17) is 16.3 Å². The molecule has 0 heterocycles. The summed E-state index contributed by atoms with van der Waals surface area (Å²) in [5.41, 5.74) is 0.882. The van der Waals surface area contributed by atoms with Crippen LogP contribution < -0.4 is 10.1 Å². The van der Waals surface area contributed by atoms with Gasteiger partial charge in [0.05, 0.1) is 12.8 Å². The molecule has 0 saturated carbocycles. The maximum Gasteiger partial charge on any atom is 0.341 e. The molecular weight excluding hydrogens is 346 g/mol. The van der Waals surface area contributed by atoms with E-state index in [9.17, 15) is 14.7 Å². The standard InChI is InChI=1S/C18H18ClNO5/c1-10-9-12(7-8-14(10)19)25-11(2)17(22)20-15-6-4-5-13(16(15)21)18(23)24-3/h4-9,11,21H,1-3H3,(H,20,22). The molecule has 1 amide bonds. The highest BCUT2D eigenvalue weighted by Gasteiger charge is 2.20. The number of phenolic OH excluding ortho intramolecular Hbond substituents is 1. The van der Waals surface area contributed by atoms with Crippen molar-refractivity contribution in [1.29, 1.82) is 0 Å². The average Bonchev–Trinajstić information content (AvgIpc) is 2.59. The first-order valence-corrected chi connectivity index (χ1v) is 7.85. The molecule has 1 unspecified atom stereocenters. The predicted molar refractivity (Wildman–Crippen MR) is 94.4 cm³/mol. The largest absolute Gasteiger partial charge is 0.505 e. The highest BCUT2D eigenvalue weighted by molar-refractivity contribution is 6.31. The number of phenols is 1. The number of hydrogen-bond donors (Lipinski definition) is 2. The minimum absolute atomic E-state index is 0.0396. The second-order valence-electron chi connectivity index (χ2n) is 5.35. The van der Waals surface area contributed by atoms with Crippen LogP contribution in [-0.4, -0.2) is 30.2 Å². The van der Waals surface area contributed by atoms with Crippen molar-refractivity contribution >= 4 is 29.2 Å². The Labute approximate surface area is 150 Å². The summed E-state index contributed by atoms with van der Waals surface area (Å²) in [5, 5.41) is 13.2. The lowest BCUT2D eigenvalue weighted by Crippen LogP contribution is -2.30. The number of amides is 1. The first-order valence-electron chi connectivity index (χ1n) is 7.47. The van der Waals surface area contributed by atoms with Crippen LogP contribution >= 0.6 is 11.6 Å². The Morgan fingerprint density at radius 1 is 1.24 bits per heavy atom. The molecule has 6 nitrogen and oxygen atoms in total. The number of hydrogen-bond acceptors (Lipinski definition) is 5. The Hall–Kier alpha value is -2.73. The number of halogens is 1. The smallest absolute Gasteiger partial charge is 0.341 e. The molecule has 2 aromatic rings. The van der Waals surface area contributed by atoms with Crippen LogP contribution in [0.3, 0.4) is 0 Å². The predicted octanol–water partition coefficient (Wildman–Crippen LogP) is 3.55. The number of anilines is 1. The van der Waals surface area contributed by atoms with Crippen LogP contribution in [0.2, 0.25) is 5.02 Å². The number of aromatic hydroxyl groups is 1. The third-order valence-electron chi connectivity index (χ3n) is 3.51. The molecule has 25 heavy (non-hydrogen) atoms. The van der Waals surface area contributed by atoms with Crippen molar-refractivity contribution in [2.45, 2.75) is 20.0 Å². The van der Waals surface area contributed by atoms with Gasteiger partial charge in [0, 0.05) is 5.02 Å². The maximum absolute atomic E-state index is 12.3. The Balaban J connectivity index is 2.11. The van der Waals surface area contributed by atoms with Gasteiger partial charge in [-0.2, -0.15) is 0 Å². The number of nitrogens with one attached hydrogen (secondary N) is 1. The van der Waals surface area contributed by atoms with Gasteiger partial charge >= 0.3 is 5.97 Å². The van der Waals surface area contributed by atoms with Crippen LogP contribution in [0.5, 0.6) is 11.5 Å². The van der Waals surface area contributed by atoms with Crippen molar-refractivity contribution < 1.29 is 24.2 Å². The highest BCUT2D eigenvalue weighted by Crippen LogP contribution is 2.28. The molecule has 132 valence electrons. The van der Waals surface area contributed by atoms with Gasteiger partial charge in [0.25, 0.3) is 5.91 Å². The Kier molecular flexibility index (Phi) is 5.88. The van der Waals surface area contributed by atoms with Gasteiger partial charge in [-0.3, -0.25) is 4.79 Å². The molecule has 0 saturated heterocycles. The quantitative estimate of drug-likeness (QED) is 0.627.